The summed E-state index contributed by atoms with van der Waals surface area (Å²) in [6.45, 7) is 6.84. The molecule has 1 aliphatic heterocycles. The Kier molecular flexibility index (Phi) is 5.96. The lowest BCUT2D eigenvalue weighted by molar-refractivity contribution is 0.0965. The molecule has 4 rings (SSSR count). The van der Waals surface area contributed by atoms with E-state index in [-0.39, 0.29) is 17.4 Å². The van der Waals surface area contributed by atoms with Gasteiger partial charge in [0.15, 0.2) is 0 Å². The molecule has 0 aliphatic carbocycles. The van der Waals surface area contributed by atoms with E-state index < -0.39 is 0 Å². The van der Waals surface area contributed by atoms with Gasteiger partial charge in [0.25, 0.3) is 5.91 Å². The maximum Gasteiger partial charge on any atom is 0.323 e. The molecule has 0 aromatic heterocycles. The minimum Gasteiger partial charge on any atom is -0.495 e. The third kappa shape index (κ3) is 5.09. The minimum absolute atomic E-state index is 0.0557. The van der Waals surface area contributed by atoms with Gasteiger partial charge in [-0.15, -0.1) is 0 Å². The summed E-state index contributed by atoms with van der Waals surface area (Å²) in [6.07, 6.45) is 0. The van der Waals surface area contributed by atoms with Gasteiger partial charge in [-0.2, -0.15) is 0 Å². The van der Waals surface area contributed by atoms with E-state index in [4.69, 9.17) is 9.47 Å². The Morgan fingerprint density at radius 2 is 1.67 bits per heavy atom. The molecule has 7 nitrogen and oxygen atoms in total. The normalized spacial score (nSPS) is 12.5. The van der Waals surface area contributed by atoms with Crippen LogP contribution in [0.25, 0.3) is 0 Å². The monoisotopic (exact) mass is 445 g/mol. The molecular formula is C26H27N3O4. The molecule has 0 saturated heterocycles. The van der Waals surface area contributed by atoms with Crippen LogP contribution < -0.4 is 25.4 Å². The summed E-state index contributed by atoms with van der Waals surface area (Å²) >= 11 is 0. The minimum atomic E-state index is -0.371. The second-order valence-corrected chi connectivity index (χ2v) is 8.87. The van der Waals surface area contributed by atoms with Gasteiger partial charge >= 0.3 is 6.03 Å². The average Bonchev–Trinajstić information content (AvgIpc) is 3.14. The number of amides is 3. The highest BCUT2D eigenvalue weighted by molar-refractivity contribution is 6.01. The van der Waals surface area contributed by atoms with Gasteiger partial charge < -0.3 is 25.4 Å². The van der Waals surface area contributed by atoms with Crippen molar-refractivity contribution >= 4 is 23.3 Å². The van der Waals surface area contributed by atoms with E-state index >= 15 is 0 Å². The molecule has 1 heterocycles. The number of urea groups is 1. The first kappa shape index (κ1) is 22.2. The second-order valence-electron chi connectivity index (χ2n) is 8.87. The summed E-state index contributed by atoms with van der Waals surface area (Å²) < 4.78 is 11.3. The first-order chi connectivity index (χ1) is 15.7. The van der Waals surface area contributed by atoms with Crippen LogP contribution in [0.5, 0.6) is 17.2 Å². The molecule has 0 saturated carbocycles. The molecule has 3 N–H and O–H groups in total. The number of nitrogens with one attached hydrogen (secondary N) is 3. The van der Waals surface area contributed by atoms with Crippen molar-refractivity contribution < 1.29 is 19.1 Å². The van der Waals surface area contributed by atoms with Gasteiger partial charge in [-0.1, -0.05) is 26.8 Å². The van der Waals surface area contributed by atoms with Gasteiger partial charge in [0.1, 0.15) is 17.2 Å². The van der Waals surface area contributed by atoms with Crippen molar-refractivity contribution in [1.82, 2.24) is 5.32 Å². The molecule has 3 aromatic rings. The Morgan fingerprint density at radius 3 is 2.36 bits per heavy atom. The number of carbonyl (C=O) groups is 2. The quantitative estimate of drug-likeness (QED) is 0.472. The lowest BCUT2D eigenvalue weighted by Gasteiger charge is -2.21. The van der Waals surface area contributed by atoms with Crippen molar-refractivity contribution in [2.75, 3.05) is 17.7 Å². The topological polar surface area (TPSA) is 88.7 Å². The highest BCUT2D eigenvalue weighted by Crippen LogP contribution is 2.32. The first-order valence-corrected chi connectivity index (χ1v) is 10.7. The van der Waals surface area contributed by atoms with E-state index in [0.29, 0.717) is 40.7 Å². The van der Waals surface area contributed by atoms with Crippen molar-refractivity contribution in [2.24, 2.45) is 0 Å². The molecule has 3 aromatic carbocycles. The fourth-order valence-electron chi connectivity index (χ4n) is 3.57. The van der Waals surface area contributed by atoms with Crippen LogP contribution in [-0.4, -0.2) is 19.0 Å². The van der Waals surface area contributed by atoms with Crippen LogP contribution in [0.2, 0.25) is 0 Å². The molecule has 0 radical (unpaired) electrons. The van der Waals surface area contributed by atoms with Crippen LogP contribution in [0.3, 0.4) is 0 Å². The molecule has 33 heavy (non-hydrogen) atoms. The predicted molar refractivity (Wildman–Crippen MR) is 128 cm³/mol. The molecular weight excluding hydrogens is 418 g/mol. The summed E-state index contributed by atoms with van der Waals surface area (Å²) in [7, 11) is 1.57. The van der Waals surface area contributed by atoms with Gasteiger partial charge in [-0.3, -0.25) is 4.79 Å². The fraction of sp³-hybridized carbons (Fsp3) is 0.231. The number of methoxy groups -OCH3 is 1. The molecule has 1 aliphatic rings. The fourth-order valence-corrected chi connectivity index (χ4v) is 3.57. The van der Waals surface area contributed by atoms with Crippen LogP contribution in [0, 0.1) is 0 Å². The largest absolute Gasteiger partial charge is 0.495 e. The van der Waals surface area contributed by atoms with Gasteiger partial charge in [-0.25, -0.2) is 4.79 Å². The summed E-state index contributed by atoms with van der Waals surface area (Å²) in [4.78, 5) is 24.3. The van der Waals surface area contributed by atoms with E-state index in [9.17, 15) is 9.59 Å². The average molecular weight is 446 g/mol. The van der Waals surface area contributed by atoms with Crippen LogP contribution in [0.15, 0.2) is 60.7 Å². The first-order valence-electron chi connectivity index (χ1n) is 10.7. The summed E-state index contributed by atoms with van der Waals surface area (Å²) in [5.41, 5.74) is 3.85. The zero-order chi connectivity index (χ0) is 23.6. The van der Waals surface area contributed by atoms with E-state index in [1.54, 1.807) is 43.5 Å². The maximum atomic E-state index is 12.6. The van der Waals surface area contributed by atoms with Crippen molar-refractivity contribution in [3.8, 4) is 17.2 Å². The van der Waals surface area contributed by atoms with Crippen molar-refractivity contribution in [3.05, 3.63) is 77.4 Å². The number of carbonyl (C=O) groups excluding carboxylic acids is 2. The van der Waals surface area contributed by atoms with Crippen molar-refractivity contribution in [3.63, 3.8) is 0 Å². The van der Waals surface area contributed by atoms with Crippen LogP contribution in [-0.2, 0) is 12.0 Å². The number of benzene rings is 3. The third-order valence-electron chi connectivity index (χ3n) is 5.42. The molecule has 3 amide bonds. The lowest BCUT2D eigenvalue weighted by Crippen LogP contribution is -2.20. The number of fused-ring (bicyclic) bond motifs is 1. The SMILES string of the molecule is COc1ccc(C(C)(C)C)cc1NC(=O)Nc1ccc(Oc2ccc3c(c2)CNC3=O)cc1. The number of ether oxygens (including phenoxy) is 2. The lowest BCUT2D eigenvalue weighted by atomic mass is 9.87. The van der Waals surface area contributed by atoms with Gasteiger partial charge in [0.05, 0.1) is 12.8 Å². The maximum absolute atomic E-state index is 12.6. The number of rotatable bonds is 5. The Balaban J connectivity index is 1.40. The Bertz CT molecular complexity index is 1200. The smallest absolute Gasteiger partial charge is 0.323 e. The summed E-state index contributed by atoms with van der Waals surface area (Å²) in [6, 6.07) is 17.8. The predicted octanol–water partition coefficient (Wildman–Crippen LogP) is 5.67. The highest BCUT2D eigenvalue weighted by atomic mass is 16.5. The number of hydrogen-bond acceptors (Lipinski definition) is 4. The Hall–Kier alpha value is -4.00. The molecule has 170 valence electrons. The molecule has 0 atom stereocenters. The number of hydrogen-bond donors (Lipinski definition) is 3. The van der Waals surface area contributed by atoms with Gasteiger partial charge in [0, 0.05) is 17.8 Å². The molecule has 0 unspecified atom stereocenters. The van der Waals surface area contributed by atoms with E-state index in [0.717, 1.165) is 11.1 Å². The van der Waals surface area contributed by atoms with Crippen molar-refractivity contribution in [1.29, 1.82) is 0 Å². The number of anilines is 2. The Labute approximate surface area is 193 Å². The third-order valence-corrected chi connectivity index (χ3v) is 5.42. The zero-order valence-electron chi connectivity index (χ0n) is 19.1. The standard InChI is InChI=1S/C26H27N3O4/c1-26(2,3)17-5-12-23(32-4)22(14-17)29-25(31)28-18-6-8-19(9-7-18)33-20-10-11-21-16(13-20)15-27-24(21)30/h5-14H,15H2,1-4H3,(H,27,30)(H2,28,29,31). The van der Waals surface area contributed by atoms with Crippen molar-refractivity contribution in [2.45, 2.75) is 32.7 Å². The molecule has 0 spiro atoms. The zero-order valence-corrected chi connectivity index (χ0v) is 19.1. The molecule has 0 bridgehead atoms. The summed E-state index contributed by atoms with van der Waals surface area (Å²) in [5, 5.41) is 8.48. The van der Waals surface area contributed by atoms with Crippen LogP contribution in [0.4, 0.5) is 16.2 Å². The summed E-state index contributed by atoms with van der Waals surface area (Å²) in [5.74, 6) is 1.80. The van der Waals surface area contributed by atoms with Crippen LogP contribution >= 0.6 is 0 Å². The van der Waals surface area contributed by atoms with Crippen LogP contribution in [0.1, 0.15) is 42.3 Å². The molecule has 0 fully saturated rings. The van der Waals surface area contributed by atoms with Gasteiger partial charge in [0.2, 0.25) is 0 Å². The molecule has 7 heteroatoms. The second kappa shape index (κ2) is 8.86. The van der Waals surface area contributed by atoms with Gasteiger partial charge in [-0.05, 0) is 71.1 Å². The van der Waals surface area contributed by atoms with E-state index in [2.05, 4.69) is 36.7 Å². The highest BCUT2D eigenvalue weighted by Gasteiger charge is 2.19. The van der Waals surface area contributed by atoms with E-state index in [1.165, 1.54) is 0 Å². The van der Waals surface area contributed by atoms with E-state index in [1.807, 2.05) is 24.3 Å². The Morgan fingerprint density at radius 1 is 0.939 bits per heavy atom.